The van der Waals surface area contributed by atoms with Crippen molar-refractivity contribution < 1.29 is 12.8 Å². The van der Waals surface area contributed by atoms with E-state index in [1.54, 1.807) is 61.8 Å². The maximum absolute atomic E-state index is 13.6. The summed E-state index contributed by atoms with van der Waals surface area (Å²) >= 11 is 0. The van der Waals surface area contributed by atoms with E-state index in [0.717, 1.165) is 10.8 Å². The van der Waals surface area contributed by atoms with Gasteiger partial charge in [0, 0.05) is 30.4 Å². The summed E-state index contributed by atoms with van der Waals surface area (Å²) in [6.45, 7) is 2.81. The molecular formula is C20H24Cl2FN3O2S. The van der Waals surface area contributed by atoms with Gasteiger partial charge in [-0.15, -0.1) is 24.8 Å². The van der Waals surface area contributed by atoms with E-state index in [1.165, 1.54) is 6.07 Å². The standard InChI is InChI=1S/C20H22FN3O2S.2ClH/c1-15(13-22-10-8-16-4-2-3-5-20(16)21)24-27(25,26)19-7-6-18-14-23-11-9-17(18)12-19;;/h2-7,9,11-12,14-15,22,24H,8,10,13H2,1H3;2*1H. The van der Waals surface area contributed by atoms with Crippen molar-refractivity contribution in [1.82, 2.24) is 15.0 Å². The Hall–Kier alpha value is -1.77. The van der Waals surface area contributed by atoms with Gasteiger partial charge in [-0.2, -0.15) is 0 Å². The van der Waals surface area contributed by atoms with E-state index in [0.29, 0.717) is 25.1 Å². The van der Waals surface area contributed by atoms with Gasteiger partial charge in [-0.25, -0.2) is 17.5 Å². The number of rotatable bonds is 8. The first kappa shape index (κ1) is 25.3. The zero-order valence-corrected chi connectivity index (χ0v) is 18.3. The van der Waals surface area contributed by atoms with Gasteiger partial charge in [0.15, 0.2) is 0 Å². The van der Waals surface area contributed by atoms with Gasteiger partial charge >= 0.3 is 0 Å². The number of fused-ring (bicyclic) bond motifs is 1. The molecule has 0 amide bonds. The molecule has 1 aromatic heterocycles. The van der Waals surface area contributed by atoms with Crippen molar-refractivity contribution in [1.29, 1.82) is 0 Å². The molecule has 2 N–H and O–H groups in total. The first-order chi connectivity index (χ1) is 13.0. The second-order valence-electron chi connectivity index (χ2n) is 6.45. The Morgan fingerprint density at radius 2 is 1.83 bits per heavy atom. The molecule has 158 valence electrons. The van der Waals surface area contributed by atoms with Crippen LogP contribution >= 0.6 is 24.8 Å². The lowest BCUT2D eigenvalue weighted by atomic mass is 10.1. The minimum absolute atomic E-state index is 0. The number of sulfonamides is 1. The second-order valence-corrected chi connectivity index (χ2v) is 8.17. The van der Waals surface area contributed by atoms with Crippen molar-refractivity contribution in [2.75, 3.05) is 13.1 Å². The highest BCUT2D eigenvalue weighted by atomic mass is 35.5. The van der Waals surface area contributed by atoms with Crippen LogP contribution < -0.4 is 10.0 Å². The fraction of sp³-hybridized carbons (Fsp3) is 0.250. The zero-order valence-electron chi connectivity index (χ0n) is 15.8. The monoisotopic (exact) mass is 459 g/mol. The second kappa shape index (κ2) is 11.4. The van der Waals surface area contributed by atoms with Gasteiger partial charge < -0.3 is 5.32 Å². The average Bonchev–Trinajstić information content (AvgIpc) is 2.66. The lowest BCUT2D eigenvalue weighted by molar-refractivity contribution is 0.534. The molecular weight excluding hydrogens is 436 g/mol. The van der Waals surface area contributed by atoms with Gasteiger partial charge in [-0.1, -0.05) is 24.3 Å². The summed E-state index contributed by atoms with van der Waals surface area (Å²) in [6.07, 6.45) is 3.88. The predicted molar refractivity (Wildman–Crippen MR) is 119 cm³/mol. The van der Waals surface area contributed by atoms with Crippen molar-refractivity contribution >= 4 is 45.6 Å². The summed E-state index contributed by atoms with van der Waals surface area (Å²) in [4.78, 5) is 4.25. The van der Waals surface area contributed by atoms with Gasteiger partial charge in [0.25, 0.3) is 0 Å². The third-order valence-electron chi connectivity index (χ3n) is 4.26. The molecule has 2 aromatic carbocycles. The normalized spacial score (nSPS) is 12.1. The fourth-order valence-electron chi connectivity index (χ4n) is 2.85. The number of nitrogens with one attached hydrogen (secondary N) is 2. The molecule has 0 saturated carbocycles. The first-order valence-corrected chi connectivity index (χ1v) is 10.2. The molecule has 0 aliphatic carbocycles. The van der Waals surface area contributed by atoms with E-state index in [4.69, 9.17) is 0 Å². The molecule has 5 nitrogen and oxygen atoms in total. The molecule has 1 atom stereocenters. The molecule has 0 aliphatic heterocycles. The van der Waals surface area contributed by atoms with E-state index in [-0.39, 0.29) is 41.6 Å². The topological polar surface area (TPSA) is 71.1 Å². The van der Waals surface area contributed by atoms with Gasteiger partial charge in [-0.3, -0.25) is 4.98 Å². The van der Waals surface area contributed by atoms with Crippen LogP contribution in [-0.2, 0) is 16.4 Å². The molecule has 3 rings (SSSR count). The summed E-state index contributed by atoms with van der Waals surface area (Å²) in [5.41, 5.74) is 0.642. The molecule has 0 radical (unpaired) electrons. The average molecular weight is 460 g/mol. The highest BCUT2D eigenvalue weighted by molar-refractivity contribution is 7.89. The molecule has 3 aromatic rings. The van der Waals surface area contributed by atoms with Crippen LogP contribution in [0, 0.1) is 5.82 Å². The van der Waals surface area contributed by atoms with Crippen molar-refractivity contribution in [2.24, 2.45) is 0 Å². The van der Waals surface area contributed by atoms with Crippen molar-refractivity contribution in [3.05, 3.63) is 72.3 Å². The van der Waals surface area contributed by atoms with Crippen LogP contribution in [0.4, 0.5) is 4.39 Å². The molecule has 1 unspecified atom stereocenters. The summed E-state index contributed by atoms with van der Waals surface area (Å²) in [7, 11) is -3.62. The van der Waals surface area contributed by atoms with Crippen LogP contribution in [0.5, 0.6) is 0 Å². The SMILES string of the molecule is CC(CNCCc1ccccc1F)NS(=O)(=O)c1ccc2cnccc2c1.Cl.Cl. The summed E-state index contributed by atoms with van der Waals surface area (Å²) in [5.74, 6) is -0.223. The fourth-order valence-corrected chi connectivity index (χ4v) is 4.12. The Balaban J connectivity index is 0.00000210. The van der Waals surface area contributed by atoms with E-state index in [1.807, 2.05) is 0 Å². The highest BCUT2D eigenvalue weighted by Crippen LogP contribution is 2.18. The van der Waals surface area contributed by atoms with E-state index >= 15 is 0 Å². The number of hydrogen-bond donors (Lipinski definition) is 2. The van der Waals surface area contributed by atoms with Crippen LogP contribution in [-0.4, -0.2) is 32.5 Å². The summed E-state index contributed by atoms with van der Waals surface area (Å²) in [5, 5.41) is 4.87. The van der Waals surface area contributed by atoms with Crippen LogP contribution in [0.3, 0.4) is 0 Å². The largest absolute Gasteiger partial charge is 0.315 e. The highest BCUT2D eigenvalue weighted by Gasteiger charge is 2.17. The van der Waals surface area contributed by atoms with Gasteiger partial charge in [0.05, 0.1) is 4.90 Å². The van der Waals surface area contributed by atoms with Gasteiger partial charge in [0.1, 0.15) is 5.82 Å². The Labute approximate surface area is 183 Å². The third-order valence-corrected chi connectivity index (χ3v) is 5.85. The maximum atomic E-state index is 13.6. The smallest absolute Gasteiger partial charge is 0.240 e. The first-order valence-electron chi connectivity index (χ1n) is 8.76. The number of hydrogen-bond acceptors (Lipinski definition) is 4. The van der Waals surface area contributed by atoms with Crippen LogP contribution in [0.1, 0.15) is 12.5 Å². The lowest BCUT2D eigenvalue weighted by Gasteiger charge is -2.15. The zero-order chi connectivity index (χ0) is 19.3. The Morgan fingerprint density at radius 1 is 1.07 bits per heavy atom. The van der Waals surface area contributed by atoms with Crippen LogP contribution in [0.2, 0.25) is 0 Å². The van der Waals surface area contributed by atoms with Gasteiger partial charge in [0.2, 0.25) is 10.0 Å². The number of nitrogens with zero attached hydrogens (tertiary/aromatic N) is 1. The predicted octanol–water partition coefficient (Wildman–Crippen LogP) is 3.72. The van der Waals surface area contributed by atoms with Crippen LogP contribution in [0.15, 0.2) is 65.8 Å². The minimum Gasteiger partial charge on any atom is -0.315 e. The van der Waals surface area contributed by atoms with Crippen molar-refractivity contribution in [2.45, 2.75) is 24.3 Å². The molecule has 29 heavy (non-hydrogen) atoms. The molecule has 0 saturated heterocycles. The third kappa shape index (κ3) is 6.90. The number of benzene rings is 2. The molecule has 0 aliphatic rings. The summed E-state index contributed by atoms with van der Waals surface area (Å²) < 4.78 is 41.4. The Kier molecular flexibility index (Phi) is 9.95. The number of halogens is 3. The molecule has 0 bridgehead atoms. The van der Waals surface area contributed by atoms with E-state index < -0.39 is 10.0 Å². The number of pyridine rings is 1. The van der Waals surface area contributed by atoms with Gasteiger partial charge in [-0.05, 0) is 55.1 Å². The van der Waals surface area contributed by atoms with Crippen molar-refractivity contribution in [3.8, 4) is 0 Å². The Bertz CT molecular complexity index is 1030. The lowest BCUT2D eigenvalue weighted by Crippen LogP contribution is -2.40. The summed E-state index contributed by atoms with van der Waals surface area (Å²) in [6, 6.07) is 13.1. The molecule has 0 fully saturated rings. The molecule has 0 spiro atoms. The van der Waals surface area contributed by atoms with E-state index in [9.17, 15) is 12.8 Å². The quantitative estimate of drug-likeness (QED) is 0.503. The van der Waals surface area contributed by atoms with E-state index in [2.05, 4.69) is 15.0 Å². The maximum Gasteiger partial charge on any atom is 0.240 e. The van der Waals surface area contributed by atoms with Crippen LogP contribution in [0.25, 0.3) is 10.8 Å². The Morgan fingerprint density at radius 3 is 2.59 bits per heavy atom. The number of aromatic nitrogens is 1. The molecule has 1 heterocycles. The minimum atomic E-state index is -3.62. The van der Waals surface area contributed by atoms with Crippen molar-refractivity contribution in [3.63, 3.8) is 0 Å². The molecule has 9 heteroatoms.